The molecule has 2 aliphatic rings. The number of hydrogen-bond acceptors (Lipinski definition) is 2. The number of aryl methyl sites for hydroxylation is 2. The van der Waals surface area contributed by atoms with Crippen LogP contribution in [0.15, 0.2) is 188 Å². The lowest BCUT2D eigenvalue weighted by Gasteiger charge is -2.44. The number of anilines is 4. The molecule has 312 valence electrons. The standard InChI is InChI=1S/C61H58N2/c1-8-38-61(63(51-31-22-43(4)23-32-51)52-35-26-47(27-36-52)45-18-14-11-15-19-45)57-40-54-53-37-28-48(39-55(53)59(5,6)56(54)41-58(57)61)60(7,9-2)62(49-29-20-42(3)21-30-49)50-33-24-46(25-34-50)44-16-12-10-13-17-44/h10-37,39-41H,8-9,38H2,1-7H3. The third-order valence-corrected chi connectivity index (χ3v) is 14.5. The first-order valence-corrected chi connectivity index (χ1v) is 23.0. The fourth-order valence-electron chi connectivity index (χ4n) is 10.7. The summed E-state index contributed by atoms with van der Waals surface area (Å²) in [5.41, 5.74) is 21.4. The molecule has 2 atom stereocenters. The van der Waals surface area contributed by atoms with E-state index in [9.17, 15) is 0 Å². The second-order valence-electron chi connectivity index (χ2n) is 18.7. The summed E-state index contributed by atoms with van der Waals surface area (Å²) in [6.45, 7) is 16.3. The highest BCUT2D eigenvalue weighted by atomic mass is 15.2. The van der Waals surface area contributed by atoms with Gasteiger partial charge in [0.1, 0.15) is 0 Å². The van der Waals surface area contributed by atoms with Crippen LogP contribution in [0, 0.1) is 13.8 Å². The Morgan fingerprint density at radius 3 is 1.40 bits per heavy atom. The van der Waals surface area contributed by atoms with Crippen molar-refractivity contribution in [3.8, 4) is 33.4 Å². The van der Waals surface area contributed by atoms with Crippen molar-refractivity contribution in [3.05, 3.63) is 227 Å². The van der Waals surface area contributed by atoms with Gasteiger partial charge in [-0.1, -0.05) is 179 Å². The molecule has 2 nitrogen and oxygen atoms in total. The molecule has 8 aromatic carbocycles. The van der Waals surface area contributed by atoms with E-state index in [2.05, 4.69) is 246 Å². The smallest absolute Gasteiger partial charge is 0.0962 e. The molecule has 2 aliphatic carbocycles. The molecule has 0 spiro atoms. The lowest BCUT2D eigenvalue weighted by Crippen LogP contribution is -2.40. The highest BCUT2D eigenvalue weighted by Crippen LogP contribution is 2.63. The average Bonchev–Trinajstić information content (AvgIpc) is 3.88. The zero-order valence-electron chi connectivity index (χ0n) is 37.9. The van der Waals surface area contributed by atoms with Gasteiger partial charge in [0.15, 0.2) is 0 Å². The molecule has 0 saturated heterocycles. The molecule has 0 amide bonds. The third kappa shape index (κ3) is 6.70. The van der Waals surface area contributed by atoms with Gasteiger partial charge in [-0.25, -0.2) is 0 Å². The molecular formula is C61H58N2. The maximum atomic E-state index is 2.64. The molecule has 2 heteroatoms. The Bertz CT molecular complexity index is 2910. The molecule has 0 bridgehead atoms. The molecule has 8 aromatic rings. The minimum atomic E-state index is -0.322. The number of rotatable bonds is 12. The van der Waals surface area contributed by atoms with Gasteiger partial charge >= 0.3 is 0 Å². The van der Waals surface area contributed by atoms with Crippen molar-refractivity contribution in [1.82, 2.24) is 0 Å². The Hall–Kier alpha value is -6.64. The maximum absolute atomic E-state index is 2.64. The van der Waals surface area contributed by atoms with Gasteiger partial charge in [0, 0.05) is 28.2 Å². The molecule has 0 radical (unpaired) electrons. The normalized spacial score (nSPS) is 16.4. The van der Waals surface area contributed by atoms with E-state index >= 15 is 0 Å². The van der Waals surface area contributed by atoms with Crippen molar-refractivity contribution in [2.75, 3.05) is 9.80 Å². The third-order valence-electron chi connectivity index (χ3n) is 14.5. The molecule has 0 aliphatic heterocycles. The monoisotopic (exact) mass is 818 g/mol. The van der Waals surface area contributed by atoms with E-state index in [1.54, 1.807) is 0 Å². The quantitative estimate of drug-likeness (QED) is 0.121. The van der Waals surface area contributed by atoms with E-state index < -0.39 is 0 Å². The Balaban J connectivity index is 1.05. The van der Waals surface area contributed by atoms with Gasteiger partial charge in [0.05, 0.1) is 11.1 Å². The first kappa shape index (κ1) is 40.4. The minimum Gasteiger partial charge on any atom is -0.331 e. The second kappa shape index (κ2) is 15.6. The summed E-state index contributed by atoms with van der Waals surface area (Å²) in [6, 6.07) is 70.6. The van der Waals surface area contributed by atoms with Crippen molar-refractivity contribution < 1.29 is 0 Å². The van der Waals surface area contributed by atoms with Crippen LogP contribution in [0.1, 0.15) is 92.8 Å². The largest absolute Gasteiger partial charge is 0.331 e. The summed E-state index contributed by atoms with van der Waals surface area (Å²) < 4.78 is 0. The lowest BCUT2D eigenvalue weighted by molar-refractivity contribution is 0.462. The highest BCUT2D eigenvalue weighted by molar-refractivity contribution is 5.88. The van der Waals surface area contributed by atoms with Crippen LogP contribution in [0.2, 0.25) is 0 Å². The predicted octanol–water partition coefficient (Wildman–Crippen LogP) is 16.6. The Kier molecular flexibility index (Phi) is 10.0. The summed E-state index contributed by atoms with van der Waals surface area (Å²) in [4.78, 5) is 5.21. The van der Waals surface area contributed by atoms with E-state index in [0.717, 1.165) is 19.3 Å². The van der Waals surface area contributed by atoms with Gasteiger partial charge in [0.2, 0.25) is 0 Å². The number of hydrogen-bond donors (Lipinski definition) is 0. The van der Waals surface area contributed by atoms with Crippen molar-refractivity contribution in [2.45, 2.75) is 84.2 Å². The predicted molar refractivity (Wildman–Crippen MR) is 268 cm³/mol. The zero-order chi connectivity index (χ0) is 43.5. The number of benzene rings is 8. The second-order valence-corrected chi connectivity index (χ2v) is 18.7. The van der Waals surface area contributed by atoms with Gasteiger partial charge in [-0.3, -0.25) is 0 Å². The Labute approximate surface area is 375 Å². The first-order chi connectivity index (χ1) is 30.6. The van der Waals surface area contributed by atoms with E-state index in [4.69, 9.17) is 0 Å². The molecule has 63 heavy (non-hydrogen) atoms. The Morgan fingerprint density at radius 1 is 0.444 bits per heavy atom. The lowest BCUT2D eigenvalue weighted by atomic mass is 9.79. The molecule has 0 aromatic heterocycles. The fraction of sp³-hybridized carbons (Fsp3) is 0.213. The van der Waals surface area contributed by atoms with Gasteiger partial charge in [-0.2, -0.15) is 0 Å². The summed E-state index contributed by atoms with van der Waals surface area (Å²) in [5, 5.41) is 0. The van der Waals surface area contributed by atoms with Crippen LogP contribution in [0.25, 0.3) is 33.4 Å². The van der Waals surface area contributed by atoms with Crippen molar-refractivity contribution in [1.29, 1.82) is 0 Å². The molecule has 0 N–H and O–H groups in total. The van der Waals surface area contributed by atoms with E-state index in [0.29, 0.717) is 0 Å². The number of nitrogens with zero attached hydrogens (tertiary/aromatic N) is 2. The molecular weight excluding hydrogens is 761 g/mol. The van der Waals surface area contributed by atoms with Gasteiger partial charge < -0.3 is 9.80 Å². The van der Waals surface area contributed by atoms with Gasteiger partial charge in [0.25, 0.3) is 0 Å². The SMILES string of the molecule is CCCC1(N(c2ccc(C)cc2)c2ccc(-c3ccccc3)cc2)c2cc3c(cc21)C(C)(C)c1cc(C(C)(CC)N(c2ccc(C)cc2)c2ccc(-c4ccccc4)cc2)ccc1-3. The van der Waals surface area contributed by atoms with Crippen LogP contribution in [0.5, 0.6) is 0 Å². The minimum absolute atomic E-state index is 0.178. The summed E-state index contributed by atoms with van der Waals surface area (Å²) in [5.74, 6) is 0. The van der Waals surface area contributed by atoms with Crippen LogP contribution in [-0.2, 0) is 16.5 Å². The Morgan fingerprint density at radius 2 is 0.889 bits per heavy atom. The van der Waals surface area contributed by atoms with E-state index in [1.807, 2.05) is 0 Å². The average molecular weight is 819 g/mol. The molecule has 0 fully saturated rings. The summed E-state index contributed by atoms with van der Waals surface area (Å²) in [7, 11) is 0. The zero-order valence-corrected chi connectivity index (χ0v) is 37.9. The van der Waals surface area contributed by atoms with Crippen LogP contribution < -0.4 is 9.80 Å². The summed E-state index contributed by atoms with van der Waals surface area (Å²) in [6.07, 6.45) is 3.06. The van der Waals surface area contributed by atoms with E-state index in [1.165, 1.54) is 95.1 Å². The first-order valence-electron chi connectivity index (χ1n) is 23.0. The molecule has 0 heterocycles. The van der Waals surface area contributed by atoms with Crippen LogP contribution in [-0.4, -0.2) is 0 Å². The highest BCUT2D eigenvalue weighted by Gasteiger charge is 2.57. The van der Waals surface area contributed by atoms with Crippen LogP contribution >= 0.6 is 0 Å². The molecule has 2 unspecified atom stereocenters. The van der Waals surface area contributed by atoms with Crippen molar-refractivity contribution in [3.63, 3.8) is 0 Å². The fourth-order valence-corrected chi connectivity index (χ4v) is 10.7. The van der Waals surface area contributed by atoms with Crippen molar-refractivity contribution >= 4 is 22.7 Å². The molecule has 0 saturated carbocycles. The maximum Gasteiger partial charge on any atom is 0.0962 e. The van der Waals surface area contributed by atoms with Crippen LogP contribution in [0.4, 0.5) is 22.7 Å². The van der Waals surface area contributed by atoms with Gasteiger partial charge in [-0.15, -0.1) is 0 Å². The van der Waals surface area contributed by atoms with Crippen LogP contribution in [0.3, 0.4) is 0 Å². The number of fused-ring (bicyclic) bond motifs is 4. The molecule has 10 rings (SSSR count). The topological polar surface area (TPSA) is 6.48 Å². The van der Waals surface area contributed by atoms with Gasteiger partial charge in [-0.05, 0) is 149 Å². The van der Waals surface area contributed by atoms with E-state index in [-0.39, 0.29) is 16.5 Å². The summed E-state index contributed by atoms with van der Waals surface area (Å²) >= 11 is 0. The van der Waals surface area contributed by atoms with Crippen molar-refractivity contribution in [2.24, 2.45) is 0 Å².